The normalized spacial score (nSPS) is 15.1. The molecule has 0 spiro atoms. The molecule has 186 valence electrons. The summed E-state index contributed by atoms with van der Waals surface area (Å²) in [5.74, 6) is -0.269. The van der Waals surface area contributed by atoms with Crippen LogP contribution in [0.5, 0.6) is 0 Å². The zero-order chi connectivity index (χ0) is 25.2. The second kappa shape index (κ2) is 10.1. The number of hydrogen-bond acceptors (Lipinski definition) is 6. The van der Waals surface area contributed by atoms with Crippen LogP contribution in [0.3, 0.4) is 0 Å². The van der Waals surface area contributed by atoms with Crippen LogP contribution < -0.4 is 16.6 Å². The van der Waals surface area contributed by atoms with Gasteiger partial charge in [0.2, 0.25) is 15.9 Å². The number of aromatic nitrogens is 3. The van der Waals surface area contributed by atoms with Crippen LogP contribution in [0.25, 0.3) is 11.0 Å². The number of nitrogens with zero attached hydrogens (tertiary/aromatic N) is 4. The third kappa shape index (κ3) is 5.20. The highest BCUT2D eigenvalue weighted by atomic mass is 32.2. The number of hydrogen-bond donors (Lipinski definition) is 1. The van der Waals surface area contributed by atoms with Crippen molar-refractivity contribution in [2.24, 2.45) is 14.1 Å². The van der Waals surface area contributed by atoms with E-state index < -0.39 is 21.3 Å². The molecule has 0 unspecified atom stereocenters. The summed E-state index contributed by atoms with van der Waals surface area (Å²) >= 11 is 0. The van der Waals surface area contributed by atoms with E-state index in [0.717, 1.165) is 35.8 Å². The number of carbonyl (C=O) groups is 1. The Morgan fingerprint density at radius 1 is 1.00 bits per heavy atom. The van der Waals surface area contributed by atoms with Gasteiger partial charge >= 0.3 is 5.69 Å². The topological polar surface area (TPSA) is 123 Å². The predicted molar refractivity (Wildman–Crippen MR) is 133 cm³/mol. The second-order valence-corrected chi connectivity index (χ2v) is 10.7. The van der Waals surface area contributed by atoms with Crippen molar-refractivity contribution >= 4 is 32.7 Å². The molecule has 10 nitrogen and oxygen atoms in total. The lowest BCUT2D eigenvalue weighted by Gasteiger charge is -2.20. The van der Waals surface area contributed by atoms with Crippen LogP contribution in [0.15, 0.2) is 51.0 Å². The van der Waals surface area contributed by atoms with Crippen LogP contribution in [0.4, 0.5) is 5.69 Å². The zero-order valence-corrected chi connectivity index (χ0v) is 20.7. The van der Waals surface area contributed by atoms with Crippen LogP contribution in [0.2, 0.25) is 0 Å². The first-order valence-electron chi connectivity index (χ1n) is 11.6. The lowest BCUT2D eigenvalue weighted by molar-refractivity contribution is -0.116. The van der Waals surface area contributed by atoms with E-state index in [0.29, 0.717) is 25.2 Å². The smallest absolute Gasteiger partial charge is 0.325 e. The third-order valence-electron chi connectivity index (χ3n) is 6.34. The molecule has 1 aromatic carbocycles. The molecule has 1 aliphatic heterocycles. The maximum atomic E-state index is 12.9. The summed E-state index contributed by atoms with van der Waals surface area (Å²) in [6.07, 6.45) is 5.87. The van der Waals surface area contributed by atoms with Gasteiger partial charge < -0.3 is 5.32 Å². The average molecular weight is 500 g/mol. The molecular weight excluding hydrogens is 470 g/mol. The van der Waals surface area contributed by atoms with Crippen molar-refractivity contribution in [3.63, 3.8) is 0 Å². The Hall–Kier alpha value is -3.31. The Kier molecular flexibility index (Phi) is 7.18. The van der Waals surface area contributed by atoms with E-state index in [1.807, 2.05) is 0 Å². The summed E-state index contributed by atoms with van der Waals surface area (Å²) in [5.41, 5.74) is 0.484. The summed E-state index contributed by atoms with van der Waals surface area (Å²) in [4.78, 5) is 41.4. The summed E-state index contributed by atoms with van der Waals surface area (Å²) in [6, 6.07) is 8.17. The largest absolute Gasteiger partial charge is 0.332 e. The van der Waals surface area contributed by atoms with Crippen LogP contribution in [-0.4, -0.2) is 45.8 Å². The lowest BCUT2D eigenvalue weighted by atomic mass is 10.1. The maximum Gasteiger partial charge on any atom is 0.332 e. The maximum absolute atomic E-state index is 12.9. The van der Waals surface area contributed by atoms with Crippen molar-refractivity contribution < 1.29 is 13.2 Å². The Morgan fingerprint density at radius 2 is 1.66 bits per heavy atom. The van der Waals surface area contributed by atoms with Crippen molar-refractivity contribution in [2.75, 3.05) is 18.4 Å². The van der Waals surface area contributed by atoms with Gasteiger partial charge in [-0.3, -0.25) is 18.7 Å². The van der Waals surface area contributed by atoms with Crippen molar-refractivity contribution in [1.82, 2.24) is 18.4 Å². The molecule has 0 saturated carbocycles. The van der Waals surface area contributed by atoms with Gasteiger partial charge in [0, 0.05) is 33.6 Å². The first-order chi connectivity index (χ1) is 16.7. The fourth-order valence-electron chi connectivity index (χ4n) is 4.27. The number of benzene rings is 1. The molecule has 1 fully saturated rings. The molecule has 11 heteroatoms. The van der Waals surface area contributed by atoms with E-state index in [2.05, 4.69) is 10.3 Å². The number of fused-ring (bicyclic) bond motifs is 1. The second-order valence-electron chi connectivity index (χ2n) is 8.81. The first kappa shape index (κ1) is 24.8. The summed E-state index contributed by atoms with van der Waals surface area (Å²) in [5, 5.41) is 2.96. The third-order valence-corrected chi connectivity index (χ3v) is 8.26. The number of rotatable bonds is 6. The number of pyridine rings is 1. The molecule has 3 aromatic rings. The van der Waals surface area contributed by atoms with Gasteiger partial charge in [-0.1, -0.05) is 25.0 Å². The molecule has 1 amide bonds. The molecule has 1 saturated heterocycles. The molecule has 0 radical (unpaired) electrons. The number of sulfonamides is 1. The van der Waals surface area contributed by atoms with Gasteiger partial charge in [-0.05, 0) is 43.0 Å². The van der Waals surface area contributed by atoms with E-state index in [1.165, 1.54) is 30.9 Å². The van der Waals surface area contributed by atoms with E-state index in [1.54, 1.807) is 28.6 Å². The van der Waals surface area contributed by atoms with Gasteiger partial charge in [0.15, 0.2) is 0 Å². The molecule has 3 heterocycles. The number of aryl methyl sites for hydroxylation is 2. The minimum absolute atomic E-state index is 0.168. The molecule has 0 aliphatic carbocycles. The van der Waals surface area contributed by atoms with Gasteiger partial charge in [-0.15, -0.1) is 0 Å². The molecule has 35 heavy (non-hydrogen) atoms. The molecule has 2 aromatic heterocycles. The molecule has 1 aliphatic rings. The predicted octanol–water partition coefficient (Wildman–Crippen LogP) is 1.77. The minimum atomic E-state index is -3.51. The van der Waals surface area contributed by atoms with Gasteiger partial charge in [-0.25, -0.2) is 18.2 Å². The Morgan fingerprint density at radius 3 is 2.31 bits per heavy atom. The van der Waals surface area contributed by atoms with Gasteiger partial charge in [0.25, 0.3) is 5.56 Å². The van der Waals surface area contributed by atoms with Gasteiger partial charge in [-0.2, -0.15) is 4.31 Å². The Bertz CT molecular complexity index is 1470. The number of amides is 1. The van der Waals surface area contributed by atoms with Crippen LogP contribution in [0.1, 0.15) is 37.7 Å². The van der Waals surface area contributed by atoms with Crippen LogP contribution in [-0.2, 0) is 35.3 Å². The highest BCUT2D eigenvalue weighted by molar-refractivity contribution is 7.89. The van der Waals surface area contributed by atoms with Crippen LogP contribution >= 0.6 is 0 Å². The summed E-state index contributed by atoms with van der Waals surface area (Å²) in [7, 11) is -0.590. The highest BCUT2D eigenvalue weighted by Crippen LogP contribution is 2.21. The quantitative estimate of drug-likeness (QED) is 0.551. The molecular formula is C24H29N5O5S. The van der Waals surface area contributed by atoms with Crippen LogP contribution in [0, 0.1) is 0 Å². The first-order valence-corrected chi connectivity index (χ1v) is 13.1. The van der Waals surface area contributed by atoms with E-state index in [4.69, 9.17) is 0 Å². The Balaban J connectivity index is 1.40. The Labute approximate surface area is 203 Å². The van der Waals surface area contributed by atoms with Gasteiger partial charge in [0.05, 0.1) is 22.2 Å². The van der Waals surface area contributed by atoms with Crippen molar-refractivity contribution in [1.29, 1.82) is 0 Å². The van der Waals surface area contributed by atoms with E-state index >= 15 is 0 Å². The SMILES string of the molecule is Cn1c(=O)c2cc(NC(=O)CCc3ccc(S(=O)(=O)N4CCCCCC4)cc3)cnc2n(C)c1=O. The number of carbonyl (C=O) groups excluding carboxylic acids is 1. The fourth-order valence-corrected chi connectivity index (χ4v) is 5.79. The van der Waals surface area contributed by atoms with E-state index in [-0.39, 0.29) is 28.3 Å². The molecule has 0 bridgehead atoms. The fraction of sp³-hybridized carbons (Fsp3) is 0.417. The monoisotopic (exact) mass is 499 g/mol. The lowest BCUT2D eigenvalue weighted by Crippen LogP contribution is -2.37. The van der Waals surface area contributed by atoms with Crippen molar-refractivity contribution in [3.05, 3.63) is 62.9 Å². The summed E-state index contributed by atoms with van der Waals surface area (Å²) in [6.45, 7) is 1.10. The standard InChI is InChI=1S/C24H29N5O5S/c1-27-22-20(23(31)28(2)24(27)32)15-18(16-25-22)26-21(30)12-9-17-7-10-19(11-8-17)35(33,34)29-13-5-3-4-6-14-29/h7-8,10-11,15-16H,3-6,9,12-14H2,1-2H3,(H,26,30). The van der Waals surface area contributed by atoms with Crippen molar-refractivity contribution in [2.45, 2.75) is 43.4 Å². The molecule has 1 N–H and O–H groups in total. The number of nitrogens with one attached hydrogen (secondary N) is 1. The highest BCUT2D eigenvalue weighted by Gasteiger charge is 2.25. The average Bonchev–Trinajstić information content (AvgIpc) is 3.15. The van der Waals surface area contributed by atoms with Gasteiger partial charge in [0.1, 0.15) is 5.65 Å². The van der Waals surface area contributed by atoms with Crippen molar-refractivity contribution in [3.8, 4) is 0 Å². The summed E-state index contributed by atoms with van der Waals surface area (Å²) < 4.78 is 29.7. The van der Waals surface area contributed by atoms with E-state index in [9.17, 15) is 22.8 Å². The zero-order valence-electron chi connectivity index (χ0n) is 19.9. The molecule has 0 atom stereocenters. The molecule has 4 rings (SSSR count). The number of anilines is 1. The minimum Gasteiger partial charge on any atom is -0.325 e.